The van der Waals surface area contributed by atoms with Gasteiger partial charge in [0.1, 0.15) is 5.82 Å². The van der Waals surface area contributed by atoms with Crippen molar-refractivity contribution in [2.24, 2.45) is 0 Å². The van der Waals surface area contributed by atoms with E-state index in [0.29, 0.717) is 0 Å². The zero-order valence-electron chi connectivity index (χ0n) is 15.0. The maximum absolute atomic E-state index is 5.02. The fourth-order valence-corrected chi connectivity index (χ4v) is 5.00. The summed E-state index contributed by atoms with van der Waals surface area (Å²) in [6, 6.07) is 31.9. The lowest BCUT2D eigenvalue weighted by Gasteiger charge is -2.09. The first kappa shape index (κ1) is 15.6. The minimum Gasteiger partial charge on any atom is -0.294 e. The Morgan fingerprint density at radius 1 is 0.679 bits per heavy atom. The highest BCUT2D eigenvalue weighted by molar-refractivity contribution is 7.18. The highest BCUT2D eigenvalue weighted by atomic mass is 32.1. The molecule has 0 fully saturated rings. The smallest absolute Gasteiger partial charge is 0.138 e. The van der Waals surface area contributed by atoms with Gasteiger partial charge in [-0.1, -0.05) is 60.7 Å². The van der Waals surface area contributed by atoms with Crippen LogP contribution in [0.4, 0.5) is 0 Å². The molecule has 28 heavy (non-hydrogen) atoms. The Hall–Kier alpha value is -3.43. The molecule has 0 unspecified atom stereocenters. The number of benzene rings is 3. The van der Waals surface area contributed by atoms with E-state index in [1.54, 1.807) is 11.3 Å². The van der Waals surface area contributed by atoms with Crippen LogP contribution >= 0.6 is 11.3 Å². The summed E-state index contributed by atoms with van der Waals surface area (Å²) in [5, 5.41) is 6.06. The third-order valence-corrected chi connectivity index (χ3v) is 6.24. The number of thiophene rings is 1. The second-order valence-electron chi connectivity index (χ2n) is 6.90. The lowest BCUT2D eigenvalue weighted by molar-refractivity contribution is 1.08. The number of para-hydroxylation sites is 1. The average molecular weight is 376 g/mol. The Bertz CT molecular complexity index is 1460. The minimum absolute atomic E-state index is 0.948. The summed E-state index contributed by atoms with van der Waals surface area (Å²) in [5.74, 6) is 0.948. The first-order valence-electron chi connectivity index (χ1n) is 9.32. The molecule has 3 aromatic carbocycles. The molecule has 0 N–H and O–H groups in total. The molecule has 3 heteroatoms. The van der Waals surface area contributed by atoms with Crippen molar-refractivity contribution >= 4 is 43.2 Å². The number of nitrogens with zero attached hydrogens (tertiary/aromatic N) is 2. The fraction of sp³-hybridized carbons (Fsp3) is 0. The van der Waals surface area contributed by atoms with E-state index in [1.807, 2.05) is 6.07 Å². The van der Waals surface area contributed by atoms with Crippen molar-refractivity contribution in [1.29, 1.82) is 0 Å². The van der Waals surface area contributed by atoms with Crippen LogP contribution in [0.3, 0.4) is 0 Å². The van der Waals surface area contributed by atoms with E-state index in [4.69, 9.17) is 4.98 Å². The Morgan fingerprint density at radius 2 is 1.54 bits per heavy atom. The van der Waals surface area contributed by atoms with Crippen molar-refractivity contribution in [1.82, 2.24) is 9.55 Å². The summed E-state index contributed by atoms with van der Waals surface area (Å²) in [6.07, 6.45) is 0. The van der Waals surface area contributed by atoms with E-state index in [0.717, 1.165) is 17.1 Å². The van der Waals surface area contributed by atoms with Crippen LogP contribution in [-0.2, 0) is 0 Å². The molecule has 0 bridgehead atoms. The zero-order valence-corrected chi connectivity index (χ0v) is 15.9. The van der Waals surface area contributed by atoms with Gasteiger partial charge in [-0.2, -0.15) is 0 Å². The third-order valence-electron chi connectivity index (χ3n) is 5.29. The number of hydrogen-bond donors (Lipinski definition) is 0. The van der Waals surface area contributed by atoms with Gasteiger partial charge in [0.15, 0.2) is 0 Å². The maximum Gasteiger partial charge on any atom is 0.138 e. The van der Waals surface area contributed by atoms with E-state index < -0.39 is 0 Å². The summed E-state index contributed by atoms with van der Waals surface area (Å²) in [5.41, 5.74) is 4.51. The predicted octanol–water partition coefficient (Wildman–Crippen LogP) is 7.06. The second-order valence-corrected chi connectivity index (χ2v) is 7.81. The molecule has 132 valence electrons. The normalized spacial score (nSPS) is 11.6. The standard InChI is InChI=1S/C25H16N2S/c1-2-7-17(8-3-1)20-10-6-12-23(26-20)27-21-11-5-4-9-19(21)24-22(27)14-13-18-15-16-28-25(18)24/h1-16H. The molecule has 0 aliphatic carbocycles. The molecule has 3 aromatic heterocycles. The lowest BCUT2D eigenvalue weighted by atomic mass is 10.1. The Morgan fingerprint density at radius 3 is 2.46 bits per heavy atom. The molecule has 0 aliphatic heterocycles. The summed E-state index contributed by atoms with van der Waals surface area (Å²) in [7, 11) is 0. The number of aromatic nitrogens is 2. The van der Waals surface area contributed by atoms with Gasteiger partial charge in [-0.3, -0.25) is 4.57 Å². The molecule has 0 aliphatic rings. The monoisotopic (exact) mass is 376 g/mol. The first-order valence-corrected chi connectivity index (χ1v) is 10.2. The molecule has 6 aromatic rings. The van der Waals surface area contributed by atoms with Crippen LogP contribution in [0.15, 0.2) is 96.4 Å². The highest BCUT2D eigenvalue weighted by Gasteiger charge is 2.16. The van der Waals surface area contributed by atoms with E-state index >= 15 is 0 Å². The maximum atomic E-state index is 5.02. The Balaban J connectivity index is 1.71. The topological polar surface area (TPSA) is 17.8 Å². The van der Waals surface area contributed by atoms with Crippen LogP contribution in [0.25, 0.3) is 49.0 Å². The summed E-state index contributed by atoms with van der Waals surface area (Å²) < 4.78 is 3.63. The Labute approximate surface area is 166 Å². The molecule has 0 spiro atoms. The van der Waals surface area contributed by atoms with Crippen molar-refractivity contribution in [2.45, 2.75) is 0 Å². The van der Waals surface area contributed by atoms with Gasteiger partial charge in [-0.05, 0) is 41.1 Å². The molecule has 3 heterocycles. The van der Waals surface area contributed by atoms with Gasteiger partial charge in [0.05, 0.1) is 16.7 Å². The molecule has 2 nitrogen and oxygen atoms in total. The van der Waals surface area contributed by atoms with Gasteiger partial charge in [0.25, 0.3) is 0 Å². The van der Waals surface area contributed by atoms with Crippen LogP contribution in [0.1, 0.15) is 0 Å². The molecule has 0 saturated carbocycles. The summed E-state index contributed by atoms with van der Waals surface area (Å²) >= 11 is 1.81. The number of pyridine rings is 1. The number of fused-ring (bicyclic) bond motifs is 5. The largest absolute Gasteiger partial charge is 0.294 e. The van der Waals surface area contributed by atoms with Crippen molar-refractivity contribution < 1.29 is 0 Å². The van der Waals surface area contributed by atoms with Crippen molar-refractivity contribution in [2.75, 3.05) is 0 Å². The van der Waals surface area contributed by atoms with Crippen molar-refractivity contribution in [3.8, 4) is 17.1 Å². The van der Waals surface area contributed by atoms with Crippen LogP contribution in [0.2, 0.25) is 0 Å². The summed E-state index contributed by atoms with van der Waals surface area (Å²) in [4.78, 5) is 5.02. The predicted molar refractivity (Wildman–Crippen MR) is 119 cm³/mol. The van der Waals surface area contributed by atoms with Gasteiger partial charge in [0.2, 0.25) is 0 Å². The van der Waals surface area contributed by atoms with Gasteiger partial charge in [-0.25, -0.2) is 4.98 Å². The minimum atomic E-state index is 0.948. The quantitative estimate of drug-likeness (QED) is 0.316. The highest BCUT2D eigenvalue weighted by Crippen LogP contribution is 2.38. The molecular weight excluding hydrogens is 360 g/mol. The Kier molecular flexibility index (Phi) is 3.37. The van der Waals surface area contributed by atoms with E-state index in [2.05, 4.69) is 94.9 Å². The molecule has 0 radical (unpaired) electrons. The zero-order chi connectivity index (χ0) is 18.5. The van der Waals surface area contributed by atoms with Crippen LogP contribution in [0.5, 0.6) is 0 Å². The van der Waals surface area contributed by atoms with Gasteiger partial charge in [0, 0.05) is 21.0 Å². The van der Waals surface area contributed by atoms with Gasteiger partial charge < -0.3 is 0 Å². The average Bonchev–Trinajstić information content (AvgIpc) is 3.36. The third kappa shape index (κ3) is 2.23. The first-order chi connectivity index (χ1) is 13.9. The summed E-state index contributed by atoms with van der Waals surface area (Å²) in [6.45, 7) is 0. The SMILES string of the molecule is c1ccc(-c2cccc(-n3c4ccccc4c4c5sccc5ccc43)n2)cc1. The molecular formula is C25H16N2S. The lowest BCUT2D eigenvalue weighted by Crippen LogP contribution is -1.98. The fourth-order valence-electron chi connectivity index (χ4n) is 4.04. The molecule has 0 amide bonds. The molecule has 6 rings (SSSR count). The van der Waals surface area contributed by atoms with Crippen molar-refractivity contribution in [3.63, 3.8) is 0 Å². The van der Waals surface area contributed by atoms with Crippen LogP contribution in [-0.4, -0.2) is 9.55 Å². The van der Waals surface area contributed by atoms with E-state index in [1.165, 1.54) is 31.9 Å². The molecule has 0 saturated heterocycles. The number of rotatable bonds is 2. The number of hydrogen-bond acceptors (Lipinski definition) is 2. The van der Waals surface area contributed by atoms with Gasteiger partial charge >= 0.3 is 0 Å². The van der Waals surface area contributed by atoms with Crippen LogP contribution < -0.4 is 0 Å². The van der Waals surface area contributed by atoms with Gasteiger partial charge in [-0.15, -0.1) is 11.3 Å². The van der Waals surface area contributed by atoms with E-state index in [9.17, 15) is 0 Å². The van der Waals surface area contributed by atoms with Crippen LogP contribution in [0, 0.1) is 0 Å². The molecule has 0 atom stereocenters. The van der Waals surface area contributed by atoms with E-state index in [-0.39, 0.29) is 0 Å². The van der Waals surface area contributed by atoms with Crippen molar-refractivity contribution in [3.05, 3.63) is 96.4 Å². The second kappa shape index (κ2) is 6.04.